The molecule has 3 N–H and O–H groups in total. The lowest BCUT2D eigenvalue weighted by molar-refractivity contribution is -0.117. The van der Waals surface area contributed by atoms with Crippen molar-refractivity contribution in [1.82, 2.24) is 5.32 Å². The number of thioether (sulfide) groups is 1. The molecule has 1 heterocycles. The number of rotatable bonds is 9. The van der Waals surface area contributed by atoms with Crippen LogP contribution in [0, 0.1) is 11.8 Å². The zero-order chi connectivity index (χ0) is 16.5. The van der Waals surface area contributed by atoms with Crippen molar-refractivity contribution in [2.45, 2.75) is 58.9 Å². The van der Waals surface area contributed by atoms with E-state index < -0.39 is 0 Å². The first-order chi connectivity index (χ1) is 10.5. The average molecular weight is 327 g/mol. The summed E-state index contributed by atoms with van der Waals surface area (Å²) in [5, 5.41) is 2.97. The highest BCUT2D eigenvalue weighted by atomic mass is 32.2. The molecule has 3 atom stereocenters. The smallest absolute Gasteiger partial charge is 0.258 e. The van der Waals surface area contributed by atoms with Crippen molar-refractivity contribution in [3.05, 3.63) is 11.0 Å². The van der Waals surface area contributed by atoms with E-state index in [-0.39, 0.29) is 17.7 Å². The number of nitrogens with two attached hydrogens (primary N) is 1. The van der Waals surface area contributed by atoms with Crippen LogP contribution in [-0.4, -0.2) is 30.0 Å². The molecule has 0 bridgehead atoms. The second-order valence-electron chi connectivity index (χ2n) is 6.33. The van der Waals surface area contributed by atoms with Gasteiger partial charge in [0.1, 0.15) is 0 Å². The van der Waals surface area contributed by atoms with E-state index >= 15 is 0 Å². The van der Waals surface area contributed by atoms with Gasteiger partial charge in [-0.3, -0.25) is 9.59 Å². The van der Waals surface area contributed by atoms with Gasteiger partial charge in [-0.05, 0) is 31.2 Å². The van der Waals surface area contributed by atoms with Crippen LogP contribution in [0.2, 0.25) is 0 Å². The zero-order valence-electron chi connectivity index (χ0n) is 14.1. The Hall–Kier alpha value is -0.810. The second kappa shape index (κ2) is 10.1. The lowest BCUT2D eigenvalue weighted by Crippen LogP contribution is -2.35. The molecule has 0 aromatic rings. The molecule has 5 heteroatoms. The number of carbonyl (C=O) groups is 2. The van der Waals surface area contributed by atoms with Gasteiger partial charge in [0, 0.05) is 24.3 Å². The lowest BCUT2D eigenvalue weighted by Gasteiger charge is -2.19. The molecule has 0 spiro atoms. The number of hydrogen-bond donors (Lipinski definition) is 2. The molecular weight excluding hydrogens is 296 g/mol. The van der Waals surface area contributed by atoms with Crippen molar-refractivity contribution in [3.63, 3.8) is 0 Å². The molecule has 0 radical (unpaired) electrons. The molecule has 0 fully saturated rings. The van der Waals surface area contributed by atoms with Gasteiger partial charge in [0.25, 0.3) is 5.91 Å². The molecule has 0 aromatic heterocycles. The fraction of sp³-hybridized carbons (Fsp3) is 0.765. The van der Waals surface area contributed by atoms with Gasteiger partial charge in [0.2, 0.25) is 0 Å². The summed E-state index contributed by atoms with van der Waals surface area (Å²) in [5.41, 5.74) is 5.50. The first-order valence-corrected chi connectivity index (χ1v) is 9.34. The van der Waals surface area contributed by atoms with E-state index in [9.17, 15) is 9.59 Å². The Balaban J connectivity index is 2.55. The maximum Gasteiger partial charge on any atom is 0.258 e. The molecule has 1 amide bonds. The maximum atomic E-state index is 12.3. The molecule has 0 saturated carbocycles. The molecule has 1 aliphatic rings. The van der Waals surface area contributed by atoms with Crippen molar-refractivity contribution in [2.75, 3.05) is 12.3 Å². The van der Waals surface area contributed by atoms with Gasteiger partial charge in [-0.25, -0.2) is 0 Å². The Labute approximate surface area is 138 Å². The Morgan fingerprint density at radius 2 is 2.09 bits per heavy atom. The van der Waals surface area contributed by atoms with Crippen LogP contribution in [0.25, 0.3) is 0 Å². The summed E-state index contributed by atoms with van der Waals surface area (Å²) in [6, 6.07) is -0.0747. The summed E-state index contributed by atoms with van der Waals surface area (Å²) in [6.45, 7) is 7.25. The third-order valence-corrected chi connectivity index (χ3v) is 5.58. The molecule has 1 aliphatic heterocycles. The second-order valence-corrected chi connectivity index (χ2v) is 7.40. The Morgan fingerprint density at radius 3 is 2.73 bits per heavy atom. The molecule has 1 rings (SSSR count). The van der Waals surface area contributed by atoms with E-state index in [0.717, 1.165) is 18.6 Å². The highest BCUT2D eigenvalue weighted by Crippen LogP contribution is 2.27. The minimum absolute atomic E-state index is 0.0390. The molecule has 3 unspecified atom stereocenters. The van der Waals surface area contributed by atoms with E-state index in [1.165, 1.54) is 30.7 Å². The molecule has 0 aromatic carbocycles. The number of allylic oxidation sites excluding steroid dienone is 1. The van der Waals surface area contributed by atoms with Crippen molar-refractivity contribution < 1.29 is 9.59 Å². The van der Waals surface area contributed by atoms with Crippen LogP contribution < -0.4 is 11.1 Å². The topological polar surface area (TPSA) is 72.2 Å². The lowest BCUT2D eigenvalue weighted by atomic mass is 9.93. The number of amides is 1. The monoisotopic (exact) mass is 326 g/mol. The van der Waals surface area contributed by atoms with Crippen molar-refractivity contribution >= 4 is 23.5 Å². The molecular formula is C17H30N2O2S. The predicted molar refractivity (Wildman–Crippen MR) is 93.6 cm³/mol. The number of hydrogen-bond acceptors (Lipinski definition) is 4. The SMILES string of the molecule is CCCC(C)C(C)CSC1=CC(=O)CC(CCCN)NC1=O. The summed E-state index contributed by atoms with van der Waals surface area (Å²) < 4.78 is 0. The molecule has 0 saturated heterocycles. The number of ketones is 1. The summed E-state index contributed by atoms with van der Waals surface area (Å²) in [7, 11) is 0. The van der Waals surface area contributed by atoms with Crippen molar-refractivity contribution in [2.24, 2.45) is 17.6 Å². The standard InChI is InChI=1S/C17H30N2O2S/c1-4-6-12(2)13(3)11-22-16-10-15(20)9-14(7-5-8-18)19-17(16)21/h10,12-14H,4-9,11,18H2,1-3H3,(H,19,21). The van der Waals surface area contributed by atoms with Crippen LogP contribution in [-0.2, 0) is 9.59 Å². The van der Waals surface area contributed by atoms with E-state index in [1.54, 1.807) is 0 Å². The fourth-order valence-corrected chi connectivity index (χ4v) is 3.77. The molecule has 22 heavy (non-hydrogen) atoms. The number of nitrogens with one attached hydrogen (secondary N) is 1. The largest absolute Gasteiger partial charge is 0.348 e. The van der Waals surface area contributed by atoms with Gasteiger partial charge in [0.15, 0.2) is 5.78 Å². The minimum atomic E-state index is -0.104. The Bertz CT molecular complexity index is 409. The average Bonchev–Trinajstić information content (AvgIpc) is 2.61. The normalized spacial score (nSPS) is 21.8. The van der Waals surface area contributed by atoms with Gasteiger partial charge in [-0.2, -0.15) is 0 Å². The van der Waals surface area contributed by atoms with Gasteiger partial charge < -0.3 is 11.1 Å². The first-order valence-electron chi connectivity index (χ1n) is 8.36. The van der Waals surface area contributed by atoms with Crippen LogP contribution in [0.15, 0.2) is 11.0 Å². The highest BCUT2D eigenvalue weighted by molar-refractivity contribution is 8.04. The van der Waals surface area contributed by atoms with Crippen molar-refractivity contribution in [1.29, 1.82) is 0 Å². The van der Waals surface area contributed by atoms with E-state index in [1.807, 2.05) is 0 Å². The fourth-order valence-electron chi connectivity index (χ4n) is 2.59. The van der Waals surface area contributed by atoms with Crippen LogP contribution in [0.1, 0.15) is 52.9 Å². The van der Waals surface area contributed by atoms with Crippen molar-refractivity contribution in [3.8, 4) is 0 Å². The van der Waals surface area contributed by atoms with E-state index in [2.05, 4.69) is 26.1 Å². The van der Waals surface area contributed by atoms with Gasteiger partial charge in [0.05, 0.1) is 4.91 Å². The molecule has 4 nitrogen and oxygen atoms in total. The highest BCUT2D eigenvalue weighted by Gasteiger charge is 2.24. The summed E-state index contributed by atoms with van der Waals surface area (Å²) in [4.78, 5) is 24.8. The van der Waals surface area contributed by atoms with Crippen LogP contribution in [0.3, 0.4) is 0 Å². The zero-order valence-corrected chi connectivity index (χ0v) is 14.9. The van der Waals surface area contributed by atoms with Crippen LogP contribution in [0.5, 0.6) is 0 Å². The van der Waals surface area contributed by atoms with Gasteiger partial charge in [-0.15, -0.1) is 11.8 Å². The minimum Gasteiger partial charge on any atom is -0.348 e. The Kier molecular flexibility index (Phi) is 8.79. The summed E-state index contributed by atoms with van der Waals surface area (Å²) >= 11 is 1.51. The predicted octanol–water partition coefficient (Wildman–Crippen LogP) is 2.87. The van der Waals surface area contributed by atoms with Crippen LogP contribution >= 0.6 is 11.8 Å². The van der Waals surface area contributed by atoms with E-state index in [4.69, 9.17) is 5.73 Å². The van der Waals surface area contributed by atoms with Crippen LogP contribution in [0.4, 0.5) is 0 Å². The number of carbonyl (C=O) groups excluding carboxylic acids is 2. The maximum absolute atomic E-state index is 12.3. The molecule has 126 valence electrons. The van der Waals surface area contributed by atoms with Gasteiger partial charge in [-0.1, -0.05) is 33.6 Å². The quantitative estimate of drug-likeness (QED) is 0.683. The molecule has 0 aliphatic carbocycles. The first kappa shape index (κ1) is 19.2. The Morgan fingerprint density at radius 1 is 1.36 bits per heavy atom. The third-order valence-electron chi connectivity index (χ3n) is 4.27. The summed E-state index contributed by atoms with van der Waals surface area (Å²) in [5.74, 6) is 1.98. The summed E-state index contributed by atoms with van der Waals surface area (Å²) in [6.07, 6.45) is 5.89. The van der Waals surface area contributed by atoms with E-state index in [0.29, 0.717) is 29.7 Å². The van der Waals surface area contributed by atoms with Gasteiger partial charge >= 0.3 is 0 Å². The third kappa shape index (κ3) is 6.53.